The van der Waals surface area contributed by atoms with Gasteiger partial charge in [-0.1, -0.05) is 17.7 Å². The number of carbonyl (C=O) groups excluding carboxylic acids is 2. The van der Waals surface area contributed by atoms with Crippen molar-refractivity contribution in [1.82, 2.24) is 10.6 Å². The Bertz CT molecular complexity index is 461. The summed E-state index contributed by atoms with van der Waals surface area (Å²) in [6.45, 7) is 6.35. The molecule has 2 amide bonds. The van der Waals surface area contributed by atoms with Crippen molar-refractivity contribution in [3.05, 3.63) is 35.4 Å². The third-order valence-corrected chi connectivity index (χ3v) is 2.66. The van der Waals surface area contributed by atoms with Gasteiger partial charge >= 0.3 is 0 Å². The molecule has 0 fully saturated rings. The van der Waals surface area contributed by atoms with Crippen LogP contribution >= 0.6 is 0 Å². The lowest BCUT2D eigenvalue weighted by Crippen LogP contribution is -2.41. The number of amides is 2. The van der Waals surface area contributed by atoms with Gasteiger partial charge in [0.1, 0.15) is 0 Å². The Morgan fingerprint density at radius 1 is 1.10 bits per heavy atom. The van der Waals surface area contributed by atoms with Crippen molar-refractivity contribution in [3.8, 4) is 0 Å². The second-order valence-corrected chi connectivity index (χ2v) is 5.64. The molecule has 0 heterocycles. The Morgan fingerprint density at radius 2 is 1.65 bits per heavy atom. The smallest absolute Gasteiger partial charge is 0.251 e. The normalized spacial score (nSPS) is 11.0. The van der Waals surface area contributed by atoms with Crippen molar-refractivity contribution in [2.45, 2.75) is 32.7 Å². The fourth-order valence-corrected chi connectivity index (χ4v) is 1.66. The van der Waals surface area contributed by atoms with Gasteiger partial charge in [0.05, 0.1) is 0 Å². The van der Waals surface area contributed by atoms with Crippen molar-refractivity contribution in [2.24, 2.45) is 5.73 Å². The van der Waals surface area contributed by atoms with Crippen molar-refractivity contribution in [2.75, 3.05) is 13.1 Å². The fraction of sp³-hybridized carbons (Fsp3) is 0.467. The molecule has 1 rings (SSSR count). The second kappa shape index (κ2) is 7.05. The number of aryl methyl sites for hydroxylation is 1. The van der Waals surface area contributed by atoms with E-state index < -0.39 is 5.54 Å². The number of carbonyl (C=O) groups is 2. The highest BCUT2D eigenvalue weighted by molar-refractivity contribution is 5.94. The van der Waals surface area contributed by atoms with Gasteiger partial charge in [-0.15, -0.1) is 0 Å². The summed E-state index contributed by atoms with van der Waals surface area (Å²) in [5, 5.41) is 5.47. The van der Waals surface area contributed by atoms with Crippen LogP contribution in [0.5, 0.6) is 0 Å². The number of rotatable bonds is 6. The van der Waals surface area contributed by atoms with Gasteiger partial charge in [0.15, 0.2) is 0 Å². The number of nitrogens with one attached hydrogen (secondary N) is 2. The average Bonchev–Trinajstić information content (AvgIpc) is 2.33. The molecule has 0 saturated heterocycles. The highest BCUT2D eigenvalue weighted by Gasteiger charge is 2.15. The summed E-state index contributed by atoms with van der Waals surface area (Å²) in [4.78, 5) is 23.3. The van der Waals surface area contributed by atoms with E-state index in [4.69, 9.17) is 5.73 Å². The molecule has 0 aromatic heterocycles. The number of benzene rings is 1. The lowest BCUT2D eigenvalue weighted by atomic mass is 10.0. The minimum Gasteiger partial charge on any atom is -0.354 e. The highest BCUT2D eigenvalue weighted by atomic mass is 16.2. The molecule has 0 aliphatic carbocycles. The van der Waals surface area contributed by atoms with Crippen molar-refractivity contribution in [1.29, 1.82) is 0 Å². The summed E-state index contributed by atoms with van der Waals surface area (Å²) in [5.41, 5.74) is 6.95. The Balaban J connectivity index is 2.26. The van der Waals surface area contributed by atoms with Crippen LogP contribution in [0.25, 0.3) is 0 Å². The van der Waals surface area contributed by atoms with Gasteiger partial charge in [0, 0.05) is 30.6 Å². The fourth-order valence-electron chi connectivity index (χ4n) is 1.66. The minimum absolute atomic E-state index is 0.109. The summed E-state index contributed by atoms with van der Waals surface area (Å²) in [7, 11) is 0. The minimum atomic E-state index is -0.519. The van der Waals surface area contributed by atoms with Crippen molar-refractivity contribution >= 4 is 11.8 Å². The summed E-state index contributed by atoms with van der Waals surface area (Å²) < 4.78 is 0. The molecule has 0 spiro atoms. The van der Waals surface area contributed by atoms with Crippen LogP contribution in [0.1, 0.15) is 36.2 Å². The molecule has 0 atom stereocenters. The lowest BCUT2D eigenvalue weighted by molar-refractivity contribution is -0.121. The van der Waals surface area contributed by atoms with Gasteiger partial charge in [-0.3, -0.25) is 9.59 Å². The molecule has 0 unspecified atom stereocenters. The first-order chi connectivity index (χ1) is 9.28. The molecule has 5 heteroatoms. The number of hydrogen-bond acceptors (Lipinski definition) is 3. The molecule has 0 aliphatic rings. The summed E-state index contributed by atoms with van der Waals surface area (Å²) >= 11 is 0. The maximum absolute atomic E-state index is 11.8. The monoisotopic (exact) mass is 277 g/mol. The topological polar surface area (TPSA) is 84.2 Å². The first-order valence-electron chi connectivity index (χ1n) is 6.68. The van der Waals surface area contributed by atoms with E-state index in [2.05, 4.69) is 10.6 Å². The molecule has 0 bridgehead atoms. The zero-order valence-corrected chi connectivity index (χ0v) is 12.3. The number of hydrogen-bond donors (Lipinski definition) is 3. The Hall–Kier alpha value is -1.88. The van der Waals surface area contributed by atoms with Crippen LogP contribution in [0.4, 0.5) is 0 Å². The van der Waals surface area contributed by atoms with Crippen molar-refractivity contribution in [3.63, 3.8) is 0 Å². The first kappa shape index (κ1) is 16.2. The zero-order chi connectivity index (χ0) is 15.2. The van der Waals surface area contributed by atoms with Gasteiger partial charge in [-0.25, -0.2) is 0 Å². The van der Waals surface area contributed by atoms with E-state index in [-0.39, 0.29) is 18.2 Å². The van der Waals surface area contributed by atoms with Crippen LogP contribution < -0.4 is 16.4 Å². The van der Waals surface area contributed by atoms with Crippen LogP contribution in [0.15, 0.2) is 24.3 Å². The molecule has 110 valence electrons. The molecular weight excluding hydrogens is 254 g/mol. The Kier molecular flexibility index (Phi) is 5.70. The highest BCUT2D eigenvalue weighted by Crippen LogP contribution is 2.03. The van der Waals surface area contributed by atoms with Gasteiger partial charge in [0.2, 0.25) is 5.91 Å². The van der Waals surface area contributed by atoms with E-state index in [9.17, 15) is 9.59 Å². The summed E-state index contributed by atoms with van der Waals surface area (Å²) in [6.07, 6.45) is 0.263. The molecule has 1 aromatic carbocycles. The molecule has 0 saturated carbocycles. The quantitative estimate of drug-likeness (QED) is 0.677. The van der Waals surface area contributed by atoms with Crippen LogP contribution in [0, 0.1) is 6.92 Å². The largest absolute Gasteiger partial charge is 0.354 e. The Labute approximate surface area is 119 Å². The zero-order valence-electron chi connectivity index (χ0n) is 12.3. The van der Waals surface area contributed by atoms with Crippen LogP contribution in [0.3, 0.4) is 0 Å². The van der Waals surface area contributed by atoms with Crippen LogP contribution in [-0.4, -0.2) is 30.4 Å². The van der Waals surface area contributed by atoms with Gasteiger partial charge in [-0.05, 0) is 32.9 Å². The van der Waals surface area contributed by atoms with Crippen molar-refractivity contribution < 1.29 is 9.59 Å². The second-order valence-electron chi connectivity index (χ2n) is 5.64. The van der Waals surface area contributed by atoms with Gasteiger partial charge in [-0.2, -0.15) is 0 Å². The summed E-state index contributed by atoms with van der Waals surface area (Å²) in [5.74, 6) is -0.250. The molecule has 5 nitrogen and oxygen atoms in total. The van der Waals surface area contributed by atoms with Crippen LogP contribution in [-0.2, 0) is 4.79 Å². The maximum atomic E-state index is 11.8. The van der Waals surface area contributed by atoms with E-state index in [1.165, 1.54) is 0 Å². The van der Waals surface area contributed by atoms with Gasteiger partial charge < -0.3 is 16.4 Å². The molecule has 0 radical (unpaired) electrons. The van der Waals surface area contributed by atoms with E-state index in [0.717, 1.165) is 5.56 Å². The first-order valence-corrected chi connectivity index (χ1v) is 6.68. The predicted molar refractivity (Wildman–Crippen MR) is 79.4 cm³/mol. The lowest BCUT2D eigenvalue weighted by Gasteiger charge is -2.17. The number of nitrogens with two attached hydrogens (primary N) is 1. The van der Waals surface area contributed by atoms with E-state index in [1.807, 2.05) is 19.1 Å². The molecule has 0 aliphatic heterocycles. The third kappa shape index (κ3) is 6.33. The average molecular weight is 277 g/mol. The molecule has 4 N–H and O–H groups in total. The third-order valence-electron chi connectivity index (χ3n) is 2.66. The predicted octanol–water partition coefficient (Wildman–Crippen LogP) is 0.968. The standard InChI is InChI=1S/C15H23N3O2/c1-11-4-6-12(7-5-11)14(20)18-9-8-17-13(19)10-15(2,3)16/h4-7H,8-10,16H2,1-3H3,(H,17,19)(H,18,20). The van der Waals surface area contributed by atoms with E-state index >= 15 is 0 Å². The van der Waals surface area contributed by atoms with E-state index in [0.29, 0.717) is 18.7 Å². The Morgan fingerprint density at radius 3 is 2.20 bits per heavy atom. The SMILES string of the molecule is Cc1ccc(C(=O)NCCNC(=O)CC(C)(C)N)cc1. The molecular formula is C15H23N3O2. The maximum Gasteiger partial charge on any atom is 0.251 e. The van der Waals surface area contributed by atoms with Crippen LogP contribution in [0.2, 0.25) is 0 Å². The van der Waals surface area contributed by atoms with E-state index in [1.54, 1.807) is 26.0 Å². The molecule has 1 aromatic rings. The van der Waals surface area contributed by atoms with Gasteiger partial charge in [0.25, 0.3) is 5.91 Å². The summed E-state index contributed by atoms with van der Waals surface area (Å²) in [6, 6.07) is 7.33. The molecule has 20 heavy (non-hydrogen) atoms.